The van der Waals surface area contributed by atoms with Crippen molar-refractivity contribution < 1.29 is 9.53 Å². The molecule has 4 aromatic rings. The number of carbonyl (C=O) groups is 1. The third kappa shape index (κ3) is 4.24. The molecule has 7 nitrogen and oxygen atoms in total. The lowest BCUT2D eigenvalue weighted by Crippen LogP contribution is -2.26. The van der Waals surface area contributed by atoms with E-state index in [0.29, 0.717) is 22.3 Å². The highest BCUT2D eigenvalue weighted by Gasteiger charge is 2.18. The molecule has 0 atom stereocenters. The van der Waals surface area contributed by atoms with Gasteiger partial charge in [-0.25, -0.2) is 9.67 Å². The molecule has 156 valence electrons. The van der Waals surface area contributed by atoms with E-state index in [-0.39, 0.29) is 5.69 Å². The number of hydrogen-bond donors (Lipinski definition) is 1. The molecule has 8 heteroatoms. The normalized spacial score (nSPS) is 10.7. The highest BCUT2D eigenvalue weighted by molar-refractivity contribution is 7.14. The molecule has 2 aromatic carbocycles. The summed E-state index contributed by atoms with van der Waals surface area (Å²) < 4.78 is 6.99. The molecule has 0 aliphatic heterocycles. The zero-order valence-corrected chi connectivity index (χ0v) is 18.1. The number of rotatable bonds is 5. The topological polar surface area (TPSA) is 86.1 Å². The molecule has 0 spiro atoms. The summed E-state index contributed by atoms with van der Waals surface area (Å²) in [5.41, 5.74) is 3.34. The Hall–Kier alpha value is -3.78. The highest BCUT2D eigenvalue weighted by Crippen LogP contribution is 2.33. The van der Waals surface area contributed by atoms with Gasteiger partial charge in [0.1, 0.15) is 5.75 Å². The van der Waals surface area contributed by atoms with Crippen molar-refractivity contribution in [2.45, 2.75) is 13.8 Å². The van der Waals surface area contributed by atoms with E-state index in [2.05, 4.69) is 15.4 Å². The van der Waals surface area contributed by atoms with Gasteiger partial charge in [-0.15, -0.1) is 11.3 Å². The molecular formula is C23H20N4O3S. The largest absolute Gasteiger partial charge is 0.496 e. The monoisotopic (exact) mass is 432 g/mol. The number of nitrogens with zero attached hydrogens (tertiary/aromatic N) is 3. The summed E-state index contributed by atoms with van der Waals surface area (Å²) in [4.78, 5) is 29.7. The van der Waals surface area contributed by atoms with Crippen LogP contribution in [0.3, 0.4) is 0 Å². The van der Waals surface area contributed by atoms with Crippen LogP contribution in [-0.4, -0.2) is 27.8 Å². The fourth-order valence-electron chi connectivity index (χ4n) is 3.17. The van der Waals surface area contributed by atoms with Gasteiger partial charge in [0.15, 0.2) is 10.8 Å². The number of para-hydroxylation sites is 1. The molecule has 0 radical (unpaired) electrons. The molecular weight excluding hydrogens is 412 g/mol. The van der Waals surface area contributed by atoms with Gasteiger partial charge in [-0.1, -0.05) is 29.8 Å². The maximum absolute atomic E-state index is 12.8. The SMILES string of the molecule is COc1ccc(C)cc1-c1csc(NC(=O)c2nn(-c3ccccc3)c(C)cc2=O)n1. The second-order valence-electron chi connectivity index (χ2n) is 6.94. The Morgan fingerprint density at radius 2 is 1.87 bits per heavy atom. The van der Waals surface area contributed by atoms with Gasteiger partial charge < -0.3 is 4.74 Å². The van der Waals surface area contributed by atoms with Crippen molar-refractivity contribution in [3.05, 3.63) is 87.2 Å². The number of aryl methyl sites for hydroxylation is 2. The average molecular weight is 433 g/mol. The smallest absolute Gasteiger partial charge is 0.281 e. The molecule has 0 unspecified atom stereocenters. The first kappa shape index (κ1) is 20.5. The van der Waals surface area contributed by atoms with Crippen molar-refractivity contribution in [3.8, 4) is 22.7 Å². The summed E-state index contributed by atoms with van der Waals surface area (Å²) in [5, 5.41) is 9.19. The van der Waals surface area contributed by atoms with Crippen molar-refractivity contribution in [1.29, 1.82) is 0 Å². The van der Waals surface area contributed by atoms with Crippen LogP contribution < -0.4 is 15.5 Å². The zero-order valence-electron chi connectivity index (χ0n) is 17.2. The van der Waals surface area contributed by atoms with E-state index in [0.717, 1.165) is 16.8 Å². The van der Waals surface area contributed by atoms with Crippen LogP contribution in [0.1, 0.15) is 21.7 Å². The number of anilines is 1. The van der Waals surface area contributed by atoms with Gasteiger partial charge in [0.2, 0.25) is 5.43 Å². The Kier molecular flexibility index (Phi) is 5.64. The number of nitrogens with one attached hydrogen (secondary N) is 1. The number of methoxy groups -OCH3 is 1. The summed E-state index contributed by atoms with van der Waals surface area (Å²) in [6.07, 6.45) is 0. The summed E-state index contributed by atoms with van der Waals surface area (Å²) in [6, 6.07) is 16.5. The van der Waals surface area contributed by atoms with Crippen LogP contribution in [0, 0.1) is 13.8 Å². The molecule has 0 aliphatic carbocycles. The predicted octanol–water partition coefficient (Wildman–Crippen LogP) is 4.23. The lowest BCUT2D eigenvalue weighted by molar-refractivity contribution is 0.101. The Balaban J connectivity index is 1.63. The molecule has 0 saturated carbocycles. The number of hydrogen-bond acceptors (Lipinski definition) is 6. The summed E-state index contributed by atoms with van der Waals surface area (Å²) in [5.74, 6) is 0.0894. The van der Waals surface area contributed by atoms with Gasteiger partial charge in [0, 0.05) is 22.7 Å². The Labute approximate surface area is 183 Å². The van der Waals surface area contributed by atoms with Gasteiger partial charge in [-0.3, -0.25) is 14.9 Å². The predicted molar refractivity (Wildman–Crippen MR) is 121 cm³/mol. The van der Waals surface area contributed by atoms with E-state index in [1.54, 1.807) is 18.7 Å². The van der Waals surface area contributed by atoms with Crippen molar-refractivity contribution in [1.82, 2.24) is 14.8 Å². The quantitative estimate of drug-likeness (QED) is 0.510. The van der Waals surface area contributed by atoms with Gasteiger partial charge in [0.05, 0.1) is 18.5 Å². The van der Waals surface area contributed by atoms with Crippen LogP contribution >= 0.6 is 11.3 Å². The lowest BCUT2D eigenvalue weighted by Gasteiger charge is -2.10. The molecule has 4 rings (SSSR count). The minimum absolute atomic E-state index is 0.195. The number of carbonyl (C=O) groups excluding carboxylic acids is 1. The first-order valence-corrected chi connectivity index (χ1v) is 10.4. The third-order valence-corrected chi connectivity index (χ3v) is 5.44. The van der Waals surface area contributed by atoms with Gasteiger partial charge >= 0.3 is 0 Å². The molecule has 0 saturated heterocycles. The average Bonchev–Trinajstić information content (AvgIpc) is 3.22. The maximum Gasteiger partial charge on any atom is 0.281 e. The second kappa shape index (κ2) is 8.53. The molecule has 0 bridgehead atoms. The third-order valence-electron chi connectivity index (χ3n) is 4.68. The summed E-state index contributed by atoms with van der Waals surface area (Å²) in [7, 11) is 1.60. The van der Waals surface area contributed by atoms with Crippen molar-refractivity contribution >= 4 is 22.4 Å². The number of aromatic nitrogens is 3. The fraction of sp³-hybridized carbons (Fsp3) is 0.130. The van der Waals surface area contributed by atoms with E-state index in [1.807, 2.05) is 60.8 Å². The number of ether oxygens (including phenoxy) is 1. The number of thiazole rings is 1. The molecule has 31 heavy (non-hydrogen) atoms. The Bertz CT molecular complexity index is 1310. The first-order valence-electron chi connectivity index (χ1n) is 9.54. The van der Waals surface area contributed by atoms with Crippen molar-refractivity contribution in [3.63, 3.8) is 0 Å². The van der Waals surface area contributed by atoms with Crippen LogP contribution in [-0.2, 0) is 0 Å². The standard InChI is InChI=1S/C23H20N4O3S/c1-14-9-10-20(30-3)17(11-14)18-13-31-23(24-18)25-22(29)21-19(28)12-15(2)27(26-21)16-7-5-4-6-8-16/h4-13H,1-3H3,(H,24,25,29). The molecule has 2 aromatic heterocycles. The Morgan fingerprint density at radius 3 is 2.61 bits per heavy atom. The molecule has 0 aliphatic rings. The van der Waals surface area contributed by atoms with Gasteiger partial charge in [-0.05, 0) is 38.1 Å². The lowest BCUT2D eigenvalue weighted by atomic mass is 10.1. The van der Waals surface area contributed by atoms with Crippen molar-refractivity contribution in [2.24, 2.45) is 0 Å². The van der Waals surface area contributed by atoms with Crippen LogP contribution in [0.15, 0.2) is 64.8 Å². The number of amides is 1. The Morgan fingerprint density at radius 1 is 1.10 bits per heavy atom. The minimum atomic E-state index is -0.605. The summed E-state index contributed by atoms with van der Waals surface area (Å²) in [6.45, 7) is 3.75. The van der Waals surface area contributed by atoms with Crippen LogP contribution in [0.2, 0.25) is 0 Å². The van der Waals surface area contributed by atoms with Crippen LogP contribution in [0.4, 0.5) is 5.13 Å². The van der Waals surface area contributed by atoms with E-state index < -0.39 is 11.3 Å². The second-order valence-corrected chi connectivity index (χ2v) is 7.80. The van der Waals surface area contributed by atoms with Crippen molar-refractivity contribution in [2.75, 3.05) is 12.4 Å². The molecule has 1 N–H and O–H groups in total. The zero-order chi connectivity index (χ0) is 22.0. The fourth-order valence-corrected chi connectivity index (χ4v) is 3.87. The molecule has 0 fully saturated rings. The maximum atomic E-state index is 12.8. The molecule has 2 heterocycles. The minimum Gasteiger partial charge on any atom is -0.496 e. The van der Waals surface area contributed by atoms with Gasteiger partial charge in [0.25, 0.3) is 5.91 Å². The molecule has 1 amide bonds. The van der Waals surface area contributed by atoms with E-state index >= 15 is 0 Å². The van der Waals surface area contributed by atoms with Gasteiger partial charge in [-0.2, -0.15) is 5.10 Å². The van der Waals surface area contributed by atoms with E-state index in [1.165, 1.54) is 17.4 Å². The number of benzene rings is 2. The van der Waals surface area contributed by atoms with Crippen LogP contribution in [0.5, 0.6) is 5.75 Å². The van der Waals surface area contributed by atoms with E-state index in [4.69, 9.17) is 4.74 Å². The first-order chi connectivity index (χ1) is 15.0. The van der Waals surface area contributed by atoms with E-state index in [9.17, 15) is 9.59 Å². The highest BCUT2D eigenvalue weighted by atomic mass is 32.1. The van der Waals surface area contributed by atoms with Crippen LogP contribution in [0.25, 0.3) is 16.9 Å². The summed E-state index contributed by atoms with van der Waals surface area (Å²) >= 11 is 1.27.